The van der Waals surface area contributed by atoms with E-state index in [1.807, 2.05) is 13.8 Å². The molecule has 0 saturated heterocycles. The molecule has 0 bridgehead atoms. The van der Waals surface area contributed by atoms with Crippen molar-refractivity contribution in [1.29, 1.82) is 0 Å². The monoisotopic (exact) mass is 382 g/mol. The average Bonchev–Trinajstić information content (AvgIpc) is 2.41. The molecule has 0 aromatic heterocycles. The minimum absolute atomic E-state index is 0. The number of carbonyl (C=O) groups excluding carboxylic acids is 4. The third-order valence-corrected chi connectivity index (χ3v) is 1.49. The Morgan fingerprint density at radius 2 is 0.538 bits per heavy atom. The van der Waals surface area contributed by atoms with E-state index in [2.05, 4.69) is 27.7 Å². The van der Waals surface area contributed by atoms with Crippen molar-refractivity contribution in [2.45, 2.75) is 125 Å². The summed E-state index contributed by atoms with van der Waals surface area (Å²) in [6.07, 6.45) is 3.83. The van der Waals surface area contributed by atoms with Crippen molar-refractivity contribution in [3.05, 3.63) is 0 Å². The molecule has 0 radical (unpaired) electrons. The highest BCUT2D eigenvalue weighted by atomic mass is 16.2. The van der Waals surface area contributed by atoms with Crippen molar-refractivity contribution in [2.24, 2.45) is 0 Å². The summed E-state index contributed by atoms with van der Waals surface area (Å²) in [5.74, 6) is -0.250. The second kappa shape index (κ2) is 56.5. The molecule has 26 heavy (non-hydrogen) atoms. The molecular formula is C22H54O4. The first-order valence-electron chi connectivity index (χ1n) is 8.02. The second-order valence-electron chi connectivity index (χ2n) is 4.64. The summed E-state index contributed by atoms with van der Waals surface area (Å²) < 4.78 is 0. The molecule has 4 nitrogen and oxygen atoms in total. The van der Waals surface area contributed by atoms with Crippen LogP contribution >= 0.6 is 0 Å². The Kier molecular flexibility index (Phi) is 122. The Labute approximate surface area is 167 Å². The van der Waals surface area contributed by atoms with Gasteiger partial charge in [-0.25, -0.2) is 0 Å². The molecule has 0 spiro atoms. The first-order valence-corrected chi connectivity index (χ1v) is 8.02. The van der Waals surface area contributed by atoms with Gasteiger partial charge in [0.15, 0.2) is 11.6 Å². The van der Waals surface area contributed by atoms with Gasteiger partial charge in [-0.1, -0.05) is 84.1 Å². The third kappa shape index (κ3) is 239. The summed E-state index contributed by atoms with van der Waals surface area (Å²) in [6, 6.07) is 0. The third-order valence-electron chi connectivity index (χ3n) is 1.49. The van der Waals surface area contributed by atoms with Gasteiger partial charge in [0.2, 0.25) is 0 Å². The molecule has 0 N–H and O–H groups in total. The lowest BCUT2D eigenvalue weighted by Crippen LogP contribution is -2.01. The molecule has 0 aromatic rings. The van der Waals surface area contributed by atoms with Gasteiger partial charge in [0, 0.05) is 26.7 Å². The summed E-state index contributed by atoms with van der Waals surface area (Å²) in [5, 5.41) is 0. The zero-order chi connectivity index (χ0) is 19.1. The Hall–Kier alpha value is -1.32. The van der Waals surface area contributed by atoms with Crippen LogP contribution < -0.4 is 0 Å². The number of ketones is 4. The molecule has 0 rings (SSSR count). The lowest BCUT2D eigenvalue weighted by Gasteiger charge is -1.73. The van der Waals surface area contributed by atoms with E-state index in [4.69, 9.17) is 0 Å². The summed E-state index contributed by atoms with van der Waals surface area (Å²) >= 11 is 0. The lowest BCUT2D eigenvalue weighted by molar-refractivity contribution is -0.134. The van der Waals surface area contributed by atoms with Crippen molar-refractivity contribution in [3.63, 3.8) is 0 Å². The van der Waals surface area contributed by atoms with Crippen molar-refractivity contribution in [3.8, 4) is 0 Å². The largest absolute Gasteiger partial charge is 0.300 e. The SMILES string of the molecule is C.C.C.C.CC(=O)C(C)=O.CCC.CCC.CCC(C)=O.CCC(C)=O. The summed E-state index contributed by atoms with van der Waals surface area (Å²) in [6.45, 7) is 17.9. The number of Topliss-reactive ketones (excluding diaryl/α,β-unsaturated/α-hetero) is 4. The van der Waals surface area contributed by atoms with Crippen LogP contribution in [0.25, 0.3) is 0 Å². The van der Waals surface area contributed by atoms with Gasteiger partial charge in [-0.05, 0) is 13.8 Å². The molecule has 4 heteroatoms. The second-order valence-corrected chi connectivity index (χ2v) is 4.64. The van der Waals surface area contributed by atoms with E-state index in [9.17, 15) is 19.2 Å². The Morgan fingerprint density at radius 3 is 0.538 bits per heavy atom. The first-order chi connectivity index (χ1) is 10.0. The van der Waals surface area contributed by atoms with Gasteiger partial charge in [0.05, 0.1) is 0 Å². The van der Waals surface area contributed by atoms with Crippen molar-refractivity contribution in [2.75, 3.05) is 0 Å². The molecule has 0 aliphatic heterocycles. The predicted molar refractivity (Wildman–Crippen MR) is 122 cm³/mol. The topological polar surface area (TPSA) is 68.3 Å². The Balaban J connectivity index is -0.0000000195. The van der Waals surface area contributed by atoms with Crippen LogP contribution in [-0.2, 0) is 19.2 Å². The standard InChI is InChI=1S/C4H6O2.2C4H8O.2C3H8.4CH4/c1-3(5)4(2)6;2*1-3-4(2)5;2*1-3-2;;;;/h1-2H3;2*3H2,1-2H3;2*3H2,1-2H3;4*1H4. The van der Waals surface area contributed by atoms with E-state index >= 15 is 0 Å². The molecule has 0 heterocycles. The van der Waals surface area contributed by atoms with Gasteiger partial charge in [0.1, 0.15) is 11.6 Å². The molecule has 0 saturated carbocycles. The normalized spacial score (nSPS) is 6.08. The van der Waals surface area contributed by atoms with E-state index in [0.29, 0.717) is 12.8 Å². The summed E-state index contributed by atoms with van der Waals surface area (Å²) in [4.78, 5) is 39.2. The molecule has 166 valence electrons. The smallest absolute Gasteiger partial charge is 0.195 e. The Bertz CT molecular complexity index is 241. The number of rotatable bonds is 3. The van der Waals surface area contributed by atoms with E-state index in [-0.39, 0.29) is 52.8 Å². The van der Waals surface area contributed by atoms with Gasteiger partial charge in [-0.2, -0.15) is 0 Å². The maximum absolute atomic E-state index is 9.81. The quantitative estimate of drug-likeness (QED) is 0.473. The van der Waals surface area contributed by atoms with Crippen LogP contribution in [0.1, 0.15) is 125 Å². The highest BCUT2D eigenvalue weighted by molar-refractivity contribution is 6.35. The van der Waals surface area contributed by atoms with Crippen LogP contribution in [0, 0.1) is 0 Å². The van der Waals surface area contributed by atoms with Crippen molar-refractivity contribution >= 4 is 23.1 Å². The van der Waals surface area contributed by atoms with Crippen molar-refractivity contribution < 1.29 is 19.2 Å². The maximum atomic E-state index is 9.81. The zero-order valence-corrected chi connectivity index (χ0v) is 16.5. The van der Waals surface area contributed by atoms with Crippen LogP contribution in [0.2, 0.25) is 0 Å². The van der Waals surface area contributed by atoms with E-state index in [1.54, 1.807) is 13.8 Å². The van der Waals surface area contributed by atoms with E-state index < -0.39 is 0 Å². The van der Waals surface area contributed by atoms with Gasteiger partial charge >= 0.3 is 0 Å². The van der Waals surface area contributed by atoms with Gasteiger partial charge in [-0.15, -0.1) is 0 Å². The summed E-state index contributed by atoms with van der Waals surface area (Å²) in [7, 11) is 0. The van der Waals surface area contributed by atoms with Crippen LogP contribution in [-0.4, -0.2) is 23.1 Å². The van der Waals surface area contributed by atoms with E-state index in [0.717, 1.165) is 0 Å². The molecule has 0 aromatic carbocycles. The molecule has 0 aliphatic rings. The summed E-state index contributed by atoms with van der Waals surface area (Å²) in [5.41, 5.74) is 0. The van der Waals surface area contributed by atoms with Crippen molar-refractivity contribution in [1.82, 2.24) is 0 Å². The van der Waals surface area contributed by atoms with Gasteiger partial charge in [0.25, 0.3) is 0 Å². The maximum Gasteiger partial charge on any atom is 0.195 e. The fourth-order valence-electron chi connectivity index (χ4n) is 0. The van der Waals surface area contributed by atoms with Crippen LogP contribution in [0.3, 0.4) is 0 Å². The molecule has 0 fully saturated rings. The minimum Gasteiger partial charge on any atom is -0.300 e. The lowest BCUT2D eigenvalue weighted by atomic mass is 10.3. The van der Waals surface area contributed by atoms with Crippen LogP contribution in [0.4, 0.5) is 0 Å². The van der Waals surface area contributed by atoms with Gasteiger partial charge in [-0.3, -0.25) is 9.59 Å². The highest BCUT2D eigenvalue weighted by Crippen LogP contribution is 1.72. The van der Waals surface area contributed by atoms with Crippen LogP contribution in [0.5, 0.6) is 0 Å². The number of hydrogen-bond acceptors (Lipinski definition) is 4. The zero-order valence-electron chi connectivity index (χ0n) is 16.5. The fraction of sp³-hybridized carbons (Fsp3) is 0.818. The molecule has 0 amide bonds. The highest BCUT2D eigenvalue weighted by Gasteiger charge is 1.94. The predicted octanol–water partition coefficient (Wildman–Crippen LogP) is 7.51. The minimum atomic E-state index is -0.380. The average molecular weight is 383 g/mol. The molecule has 0 aliphatic carbocycles. The van der Waals surface area contributed by atoms with E-state index in [1.165, 1.54) is 26.7 Å². The fourth-order valence-corrected chi connectivity index (χ4v) is 0. The Morgan fingerprint density at radius 1 is 0.462 bits per heavy atom. The molecule has 0 atom stereocenters. The van der Waals surface area contributed by atoms with Crippen LogP contribution in [0.15, 0.2) is 0 Å². The van der Waals surface area contributed by atoms with Gasteiger partial charge < -0.3 is 9.59 Å². The molecular weight excluding hydrogens is 328 g/mol. The number of hydrogen-bond donors (Lipinski definition) is 0. The molecule has 0 unspecified atom stereocenters. The number of carbonyl (C=O) groups is 4. The first kappa shape index (κ1) is 56.3.